The Morgan fingerprint density at radius 2 is 0.452 bits per heavy atom. The molecule has 0 aromatic carbocycles. The number of carbonyl (C=O) groups excluding carboxylic acids is 4. The van der Waals surface area contributed by atoms with Crippen LogP contribution in [-0.4, -0.2) is 96.7 Å². The Morgan fingerprint density at radius 1 is 0.269 bits per heavy atom. The van der Waals surface area contributed by atoms with Gasteiger partial charge < -0.3 is 33.8 Å². The lowest BCUT2D eigenvalue weighted by atomic mass is 10.0. The summed E-state index contributed by atoms with van der Waals surface area (Å²) in [4.78, 5) is 72.6. The zero-order valence-electron chi connectivity index (χ0n) is 60.9. The van der Waals surface area contributed by atoms with Crippen molar-refractivity contribution in [2.45, 2.75) is 388 Å². The molecule has 0 fully saturated rings. The third-order valence-corrected chi connectivity index (χ3v) is 19.0. The molecule has 2 unspecified atom stereocenters. The average molecular weight is 1370 g/mol. The Balaban J connectivity index is 5.18. The Labute approximate surface area is 568 Å². The van der Waals surface area contributed by atoms with Crippen molar-refractivity contribution in [3.63, 3.8) is 0 Å². The average Bonchev–Trinajstić information content (AvgIpc) is 2.02. The van der Waals surface area contributed by atoms with Gasteiger partial charge in [-0.1, -0.05) is 319 Å². The molecule has 0 amide bonds. The number of ether oxygens (including phenoxy) is 4. The summed E-state index contributed by atoms with van der Waals surface area (Å²) in [6.45, 7) is 14.1. The minimum atomic E-state index is -4.96. The molecule has 3 N–H and O–H groups in total. The SMILES string of the molecule is CC(C)CCCCCCCCCCCCCCCCCCCCC(=O)O[C@H](COC(=O)CCCCCCCCCCCC(C)C)COP(=O)(O)OC[C@@H](O)COP(=O)(O)OC[C@@H](COC(=O)CCCCCCCCC(C)C)OC(=O)CCCCCCCCCCC(C)C. The lowest BCUT2D eigenvalue weighted by molar-refractivity contribution is -0.161. The molecular weight excluding hydrogens is 1220 g/mol. The Bertz CT molecular complexity index is 1830. The standard InChI is InChI=1S/C74H144O17P2/c1-64(2)50-42-34-26-20-17-15-13-11-9-10-12-14-16-18-22-30-40-48-56-73(78)90-69(60-84-71(76)54-46-38-29-23-19-21-27-35-43-51-65(3)4)62-88-92(80,81)86-58-68(75)59-87-93(82,83)89-63-70(61-85-72(77)55-47-39-33-32-37-45-53-67(7)8)91-74(79)57-49-41-31-25-24-28-36-44-52-66(5)6/h64-70,75H,9-63H2,1-8H3,(H,80,81)(H,82,83)/t68-,69-,70-/m1/s1. The van der Waals surface area contributed by atoms with E-state index in [-0.39, 0.29) is 25.7 Å². The van der Waals surface area contributed by atoms with E-state index in [4.69, 9.17) is 37.0 Å². The van der Waals surface area contributed by atoms with E-state index >= 15 is 0 Å². The van der Waals surface area contributed by atoms with E-state index in [1.807, 2.05) is 0 Å². The molecule has 0 spiro atoms. The van der Waals surface area contributed by atoms with Gasteiger partial charge in [0.05, 0.1) is 26.4 Å². The van der Waals surface area contributed by atoms with Crippen LogP contribution in [-0.2, 0) is 65.4 Å². The number of hydrogen-bond acceptors (Lipinski definition) is 15. The second-order valence-corrected chi connectivity index (χ2v) is 31.5. The van der Waals surface area contributed by atoms with E-state index in [0.29, 0.717) is 31.6 Å². The van der Waals surface area contributed by atoms with Gasteiger partial charge in [0.15, 0.2) is 12.2 Å². The first-order valence-electron chi connectivity index (χ1n) is 38.2. The predicted molar refractivity (Wildman–Crippen MR) is 377 cm³/mol. The zero-order chi connectivity index (χ0) is 68.9. The predicted octanol–water partition coefficient (Wildman–Crippen LogP) is 21.3. The molecule has 0 aliphatic heterocycles. The van der Waals surface area contributed by atoms with E-state index in [1.165, 1.54) is 167 Å². The first-order valence-corrected chi connectivity index (χ1v) is 41.2. The van der Waals surface area contributed by atoms with Gasteiger partial charge in [0.2, 0.25) is 0 Å². The first kappa shape index (κ1) is 91.1. The number of esters is 4. The second-order valence-electron chi connectivity index (χ2n) is 28.6. The van der Waals surface area contributed by atoms with Crippen LogP contribution in [0.25, 0.3) is 0 Å². The number of carbonyl (C=O) groups is 4. The van der Waals surface area contributed by atoms with Crippen molar-refractivity contribution in [2.75, 3.05) is 39.6 Å². The third kappa shape index (κ3) is 68.4. The van der Waals surface area contributed by atoms with Crippen molar-refractivity contribution in [2.24, 2.45) is 23.7 Å². The topological polar surface area (TPSA) is 237 Å². The van der Waals surface area contributed by atoms with Crippen LogP contribution in [0, 0.1) is 23.7 Å². The van der Waals surface area contributed by atoms with Gasteiger partial charge in [0.25, 0.3) is 0 Å². The zero-order valence-corrected chi connectivity index (χ0v) is 62.7. The number of phosphoric ester groups is 2. The highest BCUT2D eigenvalue weighted by Gasteiger charge is 2.30. The van der Waals surface area contributed by atoms with Crippen molar-refractivity contribution in [3.8, 4) is 0 Å². The van der Waals surface area contributed by atoms with Crippen LogP contribution in [0.5, 0.6) is 0 Å². The van der Waals surface area contributed by atoms with E-state index in [1.54, 1.807) is 0 Å². The molecule has 93 heavy (non-hydrogen) atoms. The Kier molecular flexibility index (Phi) is 62.2. The molecule has 0 aliphatic carbocycles. The minimum absolute atomic E-state index is 0.103. The molecule has 17 nitrogen and oxygen atoms in total. The third-order valence-electron chi connectivity index (χ3n) is 17.1. The summed E-state index contributed by atoms with van der Waals surface area (Å²) in [6, 6.07) is 0. The van der Waals surface area contributed by atoms with Crippen molar-refractivity contribution < 1.29 is 80.2 Å². The molecule has 19 heteroatoms. The summed E-state index contributed by atoms with van der Waals surface area (Å²) < 4.78 is 68.3. The highest BCUT2D eigenvalue weighted by Crippen LogP contribution is 2.45. The van der Waals surface area contributed by atoms with Crippen molar-refractivity contribution in [3.05, 3.63) is 0 Å². The summed E-state index contributed by atoms with van der Waals surface area (Å²) in [6.07, 6.45) is 47.6. The molecular formula is C74H144O17P2. The maximum atomic E-state index is 13.1. The minimum Gasteiger partial charge on any atom is -0.462 e. The van der Waals surface area contributed by atoms with E-state index in [0.717, 1.165) is 114 Å². The van der Waals surface area contributed by atoms with Gasteiger partial charge in [-0.05, 0) is 49.4 Å². The molecule has 0 aromatic rings. The number of rotatable bonds is 71. The molecule has 552 valence electrons. The summed E-state index contributed by atoms with van der Waals surface area (Å²) in [5, 5.41) is 10.6. The monoisotopic (exact) mass is 1370 g/mol. The van der Waals surface area contributed by atoms with Crippen LogP contribution < -0.4 is 0 Å². The molecule has 0 radical (unpaired) electrons. The van der Waals surface area contributed by atoms with Gasteiger partial charge in [-0.2, -0.15) is 0 Å². The summed E-state index contributed by atoms with van der Waals surface area (Å²) in [5.74, 6) is 0.833. The van der Waals surface area contributed by atoms with Crippen molar-refractivity contribution >= 4 is 39.5 Å². The highest BCUT2D eigenvalue weighted by atomic mass is 31.2. The normalized spacial score (nSPS) is 14.2. The second kappa shape index (κ2) is 63.5. The summed E-state index contributed by atoms with van der Waals surface area (Å²) in [7, 11) is -9.91. The van der Waals surface area contributed by atoms with Gasteiger partial charge in [-0.3, -0.25) is 37.3 Å². The molecule has 0 aromatic heterocycles. The molecule has 0 saturated heterocycles. The molecule has 0 bridgehead atoms. The lowest BCUT2D eigenvalue weighted by Gasteiger charge is -2.21. The van der Waals surface area contributed by atoms with E-state index < -0.39 is 97.5 Å². The highest BCUT2D eigenvalue weighted by molar-refractivity contribution is 7.47. The maximum Gasteiger partial charge on any atom is 0.472 e. The molecule has 5 atom stereocenters. The fourth-order valence-electron chi connectivity index (χ4n) is 11.2. The fraction of sp³-hybridized carbons (Fsp3) is 0.946. The first-order chi connectivity index (χ1) is 44.6. The van der Waals surface area contributed by atoms with Crippen molar-refractivity contribution in [1.29, 1.82) is 0 Å². The number of aliphatic hydroxyl groups is 1. The maximum absolute atomic E-state index is 13.1. The van der Waals surface area contributed by atoms with Crippen LogP contribution >= 0.6 is 15.6 Å². The van der Waals surface area contributed by atoms with Gasteiger partial charge in [-0.25, -0.2) is 9.13 Å². The van der Waals surface area contributed by atoms with Gasteiger partial charge >= 0.3 is 39.5 Å². The van der Waals surface area contributed by atoms with Crippen molar-refractivity contribution in [1.82, 2.24) is 0 Å². The van der Waals surface area contributed by atoms with Crippen LogP contribution in [0.1, 0.15) is 370 Å². The number of unbranched alkanes of at least 4 members (excludes halogenated alkanes) is 37. The number of hydrogen-bond donors (Lipinski definition) is 3. The van der Waals surface area contributed by atoms with Crippen LogP contribution in [0.2, 0.25) is 0 Å². The summed E-state index contributed by atoms with van der Waals surface area (Å²) >= 11 is 0. The quantitative estimate of drug-likeness (QED) is 0.0222. The van der Waals surface area contributed by atoms with Gasteiger partial charge in [0.1, 0.15) is 19.3 Å². The number of aliphatic hydroxyl groups excluding tert-OH is 1. The molecule has 0 heterocycles. The Morgan fingerprint density at radius 3 is 0.667 bits per heavy atom. The van der Waals surface area contributed by atoms with Crippen LogP contribution in [0.15, 0.2) is 0 Å². The van der Waals surface area contributed by atoms with Crippen LogP contribution in [0.4, 0.5) is 0 Å². The molecule has 0 rings (SSSR count). The summed E-state index contributed by atoms with van der Waals surface area (Å²) in [5.41, 5.74) is 0. The van der Waals surface area contributed by atoms with E-state index in [9.17, 15) is 43.2 Å². The largest absolute Gasteiger partial charge is 0.472 e. The van der Waals surface area contributed by atoms with E-state index in [2.05, 4.69) is 55.4 Å². The lowest BCUT2D eigenvalue weighted by Crippen LogP contribution is -2.30. The molecule has 0 saturated carbocycles. The Hall–Kier alpha value is -1.94. The van der Waals surface area contributed by atoms with Gasteiger partial charge in [-0.15, -0.1) is 0 Å². The smallest absolute Gasteiger partial charge is 0.462 e. The fourth-order valence-corrected chi connectivity index (χ4v) is 12.8. The van der Waals surface area contributed by atoms with Crippen LogP contribution in [0.3, 0.4) is 0 Å². The number of phosphoric acid groups is 2. The van der Waals surface area contributed by atoms with Gasteiger partial charge in [0, 0.05) is 25.7 Å². The molecule has 0 aliphatic rings.